The first-order chi connectivity index (χ1) is 4.61. The molecule has 0 amide bonds. The highest BCUT2D eigenvalue weighted by atomic mass is 35.5. The predicted molar refractivity (Wildman–Crippen MR) is 42.4 cm³/mol. The molecule has 1 unspecified atom stereocenters. The van der Waals surface area contributed by atoms with E-state index < -0.39 is 11.2 Å². The van der Waals surface area contributed by atoms with Gasteiger partial charge in [0.15, 0.2) is 0 Å². The van der Waals surface area contributed by atoms with E-state index in [-0.39, 0.29) is 0 Å². The molecule has 1 atom stereocenters. The van der Waals surface area contributed by atoms with E-state index in [9.17, 15) is 4.79 Å². The van der Waals surface area contributed by atoms with Crippen LogP contribution in [0.15, 0.2) is 9.40 Å². The Morgan fingerprint density at radius 3 is 2.50 bits per heavy atom. The van der Waals surface area contributed by atoms with Crippen molar-refractivity contribution < 1.29 is 9.90 Å². The molecule has 1 heterocycles. The number of aliphatic carboxylic acids is 1. The van der Waals surface area contributed by atoms with E-state index in [4.69, 9.17) is 28.3 Å². The largest absolute Gasteiger partial charge is 0.480 e. The van der Waals surface area contributed by atoms with Crippen molar-refractivity contribution in [2.45, 2.75) is 11.7 Å². The highest BCUT2D eigenvalue weighted by molar-refractivity contribution is 8.06. The maximum atomic E-state index is 10.3. The fraction of sp³-hybridized carbons (Fsp3) is 0.400. The second-order valence-electron chi connectivity index (χ2n) is 1.83. The number of carboxylic acids is 1. The van der Waals surface area contributed by atoms with Gasteiger partial charge in [-0.15, -0.1) is 0 Å². The number of rotatable bonds is 1. The molecular weight excluding hydrogens is 195 g/mol. The van der Waals surface area contributed by atoms with Crippen LogP contribution >= 0.6 is 35.0 Å². The van der Waals surface area contributed by atoms with Crippen LogP contribution in [0.3, 0.4) is 0 Å². The van der Waals surface area contributed by atoms with Crippen LogP contribution in [0.1, 0.15) is 6.42 Å². The third-order valence-electron chi connectivity index (χ3n) is 1.10. The van der Waals surface area contributed by atoms with E-state index in [0.717, 1.165) is 11.8 Å². The van der Waals surface area contributed by atoms with Crippen LogP contribution in [0.4, 0.5) is 0 Å². The highest BCUT2D eigenvalue weighted by Crippen LogP contribution is 2.41. The molecule has 1 aliphatic heterocycles. The predicted octanol–water partition coefficient (Wildman–Crippen LogP) is 2.22. The van der Waals surface area contributed by atoms with Crippen LogP contribution in [0.25, 0.3) is 0 Å². The van der Waals surface area contributed by atoms with Crippen molar-refractivity contribution in [3.05, 3.63) is 9.40 Å². The van der Waals surface area contributed by atoms with Crippen LogP contribution in [0, 0.1) is 0 Å². The maximum Gasteiger partial charge on any atom is 0.317 e. The SMILES string of the molecule is O=C(O)C1CC(Cl)=C(Cl)S1. The van der Waals surface area contributed by atoms with Crippen LogP contribution in [0.2, 0.25) is 0 Å². The van der Waals surface area contributed by atoms with Crippen LogP contribution in [-0.4, -0.2) is 16.3 Å². The van der Waals surface area contributed by atoms with Gasteiger partial charge in [-0.05, 0) is 0 Å². The monoisotopic (exact) mass is 198 g/mol. The van der Waals surface area contributed by atoms with E-state index in [1.54, 1.807) is 0 Å². The molecule has 1 rings (SSSR count). The van der Waals surface area contributed by atoms with Gasteiger partial charge in [0, 0.05) is 11.5 Å². The van der Waals surface area contributed by atoms with Gasteiger partial charge < -0.3 is 5.11 Å². The van der Waals surface area contributed by atoms with Gasteiger partial charge in [-0.1, -0.05) is 35.0 Å². The van der Waals surface area contributed by atoms with Gasteiger partial charge in [0.25, 0.3) is 0 Å². The number of thioether (sulfide) groups is 1. The summed E-state index contributed by atoms with van der Waals surface area (Å²) in [5.41, 5.74) is 0. The third-order valence-corrected chi connectivity index (χ3v) is 3.25. The topological polar surface area (TPSA) is 37.3 Å². The number of carboxylic acid groups (broad SMARTS) is 1. The Bertz CT molecular complexity index is 188. The Labute approximate surface area is 72.2 Å². The summed E-state index contributed by atoms with van der Waals surface area (Å²) >= 11 is 12.2. The van der Waals surface area contributed by atoms with Crippen molar-refractivity contribution in [1.29, 1.82) is 0 Å². The molecule has 56 valence electrons. The van der Waals surface area contributed by atoms with Crippen molar-refractivity contribution >= 4 is 40.9 Å². The minimum absolute atomic E-state index is 0.348. The van der Waals surface area contributed by atoms with E-state index >= 15 is 0 Å². The molecule has 5 heteroatoms. The molecule has 10 heavy (non-hydrogen) atoms. The molecule has 0 aromatic carbocycles. The van der Waals surface area contributed by atoms with Crippen LogP contribution in [0.5, 0.6) is 0 Å². The van der Waals surface area contributed by atoms with Crippen LogP contribution < -0.4 is 0 Å². The zero-order chi connectivity index (χ0) is 7.72. The first-order valence-electron chi connectivity index (χ1n) is 2.55. The van der Waals surface area contributed by atoms with Gasteiger partial charge in [0.2, 0.25) is 0 Å². The van der Waals surface area contributed by atoms with Gasteiger partial charge in [-0.3, -0.25) is 4.79 Å². The Hall–Kier alpha value is 0.140. The van der Waals surface area contributed by atoms with Crippen molar-refractivity contribution in [1.82, 2.24) is 0 Å². The first kappa shape index (κ1) is 8.24. The second kappa shape index (κ2) is 3.03. The number of hydrogen-bond acceptors (Lipinski definition) is 2. The van der Waals surface area contributed by atoms with E-state index in [1.807, 2.05) is 0 Å². The smallest absolute Gasteiger partial charge is 0.317 e. The van der Waals surface area contributed by atoms with Crippen LogP contribution in [-0.2, 0) is 4.79 Å². The number of carbonyl (C=O) groups is 1. The Morgan fingerprint density at radius 1 is 1.70 bits per heavy atom. The Balaban J connectivity index is 2.59. The Kier molecular flexibility index (Phi) is 2.50. The first-order valence-corrected chi connectivity index (χ1v) is 4.18. The third kappa shape index (κ3) is 1.59. The van der Waals surface area contributed by atoms with Gasteiger partial charge in [-0.25, -0.2) is 0 Å². The molecule has 1 N–H and O–H groups in total. The lowest BCUT2D eigenvalue weighted by atomic mass is 10.3. The number of hydrogen-bond donors (Lipinski definition) is 1. The molecule has 0 saturated heterocycles. The average Bonchev–Trinajstić information content (AvgIpc) is 2.13. The number of allylic oxidation sites excluding steroid dienone is 1. The van der Waals surface area contributed by atoms with Gasteiger partial charge in [-0.2, -0.15) is 0 Å². The molecule has 0 aromatic heterocycles. The standard InChI is InChI=1S/C5H4Cl2O2S/c6-2-1-3(5(8)9)10-4(2)7/h3H,1H2,(H,8,9). The summed E-state index contributed by atoms with van der Waals surface area (Å²) in [6.07, 6.45) is 0.348. The summed E-state index contributed by atoms with van der Waals surface area (Å²) in [6.45, 7) is 0. The van der Waals surface area contributed by atoms with E-state index in [2.05, 4.69) is 0 Å². The average molecular weight is 199 g/mol. The maximum absolute atomic E-state index is 10.3. The summed E-state index contributed by atoms with van der Waals surface area (Å²) in [7, 11) is 0. The molecule has 2 nitrogen and oxygen atoms in total. The minimum atomic E-state index is -0.862. The molecule has 0 saturated carbocycles. The molecule has 0 bridgehead atoms. The van der Waals surface area contributed by atoms with Gasteiger partial charge in [0.05, 0.1) is 4.36 Å². The fourth-order valence-electron chi connectivity index (χ4n) is 0.611. The summed E-state index contributed by atoms with van der Waals surface area (Å²) in [6, 6.07) is 0. The summed E-state index contributed by atoms with van der Waals surface area (Å²) in [4.78, 5) is 10.3. The van der Waals surface area contributed by atoms with Crippen molar-refractivity contribution in [2.24, 2.45) is 0 Å². The van der Waals surface area contributed by atoms with Crippen molar-refractivity contribution in [3.63, 3.8) is 0 Å². The minimum Gasteiger partial charge on any atom is -0.480 e. The lowest BCUT2D eigenvalue weighted by molar-refractivity contribution is -0.136. The lowest BCUT2D eigenvalue weighted by Crippen LogP contribution is -2.12. The second-order valence-corrected chi connectivity index (χ2v) is 4.10. The zero-order valence-corrected chi connectivity index (χ0v) is 7.13. The fourth-order valence-corrected chi connectivity index (χ4v) is 2.20. The quantitative estimate of drug-likeness (QED) is 0.703. The molecule has 0 aliphatic carbocycles. The molecule has 1 aliphatic rings. The van der Waals surface area contributed by atoms with Crippen molar-refractivity contribution in [2.75, 3.05) is 0 Å². The normalized spacial score (nSPS) is 25.6. The number of halogens is 2. The zero-order valence-electron chi connectivity index (χ0n) is 4.80. The Morgan fingerprint density at radius 2 is 2.30 bits per heavy atom. The van der Waals surface area contributed by atoms with Gasteiger partial charge >= 0.3 is 5.97 Å². The molecule has 0 spiro atoms. The summed E-state index contributed by atoms with van der Waals surface area (Å²) in [5.74, 6) is -0.862. The molecule has 0 radical (unpaired) electrons. The lowest BCUT2D eigenvalue weighted by Gasteiger charge is -1.98. The molecule has 0 fully saturated rings. The highest BCUT2D eigenvalue weighted by Gasteiger charge is 2.28. The molecule has 0 aromatic rings. The summed E-state index contributed by atoms with van der Waals surface area (Å²) in [5, 5.41) is 8.46. The van der Waals surface area contributed by atoms with E-state index in [1.165, 1.54) is 0 Å². The van der Waals surface area contributed by atoms with E-state index in [0.29, 0.717) is 15.8 Å². The molecular formula is C5H4Cl2O2S. The van der Waals surface area contributed by atoms with Gasteiger partial charge in [0.1, 0.15) is 5.25 Å². The summed E-state index contributed by atoms with van der Waals surface area (Å²) < 4.78 is 0.411. The van der Waals surface area contributed by atoms with Crippen molar-refractivity contribution in [3.8, 4) is 0 Å².